The van der Waals surface area contributed by atoms with E-state index < -0.39 is 0 Å². The van der Waals surface area contributed by atoms with Crippen molar-refractivity contribution in [2.75, 3.05) is 13.1 Å². The summed E-state index contributed by atoms with van der Waals surface area (Å²) < 4.78 is 5.53. The van der Waals surface area contributed by atoms with Crippen molar-refractivity contribution in [3.63, 3.8) is 0 Å². The van der Waals surface area contributed by atoms with Crippen molar-refractivity contribution in [3.05, 3.63) is 0 Å². The molecular formula is C5H12N2S. The second-order valence-corrected chi connectivity index (χ2v) is 3.16. The van der Waals surface area contributed by atoms with Crippen LogP contribution in [0.3, 0.4) is 0 Å². The van der Waals surface area contributed by atoms with E-state index in [4.69, 9.17) is 0 Å². The summed E-state index contributed by atoms with van der Waals surface area (Å²) in [6.07, 6.45) is 0. The molecule has 1 aliphatic heterocycles. The van der Waals surface area contributed by atoms with Gasteiger partial charge in [0.1, 0.15) is 0 Å². The van der Waals surface area contributed by atoms with Crippen LogP contribution in [0, 0.1) is 0 Å². The lowest BCUT2D eigenvalue weighted by Crippen LogP contribution is -2.20. The average Bonchev–Trinajstić information content (AvgIpc) is 2.12. The highest BCUT2D eigenvalue weighted by atomic mass is 32.2. The molecule has 0 aromatic carbocycles. The van der Waals surface area contributed by atoms with Crippen LogP contribution in [0.1, 0.15) is 13.8 Å². The summed E-state index contributed by atoms with van der Waals surface area (Å²) in [5, 5.41) is 0. The van der Waals surface area contributed by atoms with Gasteiger partial charge in [-0.05, 0) is 13.8 Å². The van der Waals surface area contributed by atoms with E-state index in [1.165, 1.54) is 6.54 Å². The molecule has 1 rings (SSSR count). The third kappa shape index (κ3) is 1.37. The van der Waals surface area contributed by atoms with Gasteiger partial charge in [-0.2, -0.15) is 0 Å². The van der Waals surface area contributed by atoms with Crippen LogP contribution < -0.4 is 4.72 Å². The van der Waals surface area contributed by atoms with Crippen LogP contribution in [-0.2, 0) is 0 Å². The maximum Gasteiger partial charge on any atom is 0.0239 e. The summed E-state index contributed by atoms with van der Waals surface area (Å²) in [7, 11) is 0. The van der Waals surface area contributed by atoms with Gasteiger partial charge >= 0.3 is 0 Å². The second-order valence-electron chi connectivity index (χ2n) is 2.22. The van der Waals surface area contributed by atoms with Gasteiger partial charge in [0.15, 0.2) is 0 Å². The van der Waals surface area contributed by atoms with Crippen LogP contribution in [0.4, 0.5) is 0 Å². The van der Waals surface area contributed by atoms with Gasteiger partial charge in [-0.25, -0.2) is 9.03 Å². The molecular weight excluding hydrogens is 120 g/mol. The lowest BCUT2D eigenvalue weighted by Gasteiger charge is -2.15. The Kier molecular flexibility index (Phi) is 2.16. The maximum atomic E-state index is 3.20. The first kappa shape index (κ1) is 6.39. The molecule has 0 unspecified atom stereocenters. The Morgan fingerprint density at radius 1 is 1.62 bits per heavy atom. The van der Waals surface area contributed by atoms with Gasteiger partial charge in [0, 0.05) is 31.3 Å². The summed E-state index contributed by atoms with van der Waals surface area (Å²) in [4.78, 5) is 0. The summed E-state index contributed by atoms with van der Waals surface area (Å²) in [5.41, 5.74) is 0. The first-order valence-electron chi connectivity index (χ1n) is 2.97. The number of nitrogens with one attached hydrogen (secondary N) is 1. The van der Waals surface area contributed by atoms with Gasteiger partial charge in [0.05, 0.1) is 0 Å². The Morgan fingerprint density at radius 3 is 2.62 bits per heavy atom. The van der Waals surface area contributed by atoms with Gasteiger partial charge in [0.2, 0.25) is 0 Å². The molecule has 1 saturated heterocycles. The van der Waals surface area contributed by atoms with E-state index in [-0.39, 0.29) is 0 Å². The zero-order valence-corrected chi connectivity index (χ0v) is 6.16. The fraction of sp³-hybridized carbons (Fsp3) is 1.00. The van der Waals surface area contributed by atoms with E-state index in [2.05, 4.69) is 22.9 Å². The van der Waals surface area contributed by atoms with Crippen LogP contribution in [0.25, 0.3) is 0 Å². The van der Waals surface area contributed by atoms with Gasteiger partial charge in [-0.3, -0.25) is 0 Å². The summed E-state index contributed by atoms with van der Waals surface area (Å²) >= 11 is 1.73. The van der Waals surface area contributed by atoms with E-state index in [1.54, 1.807) is 12.1 Å². The normalized spacial score (nSPS) is 22.9. The maximum absolute atomic E-state index is 3.20. The summed E-state index contributed by atoms with van der Waals surface area (Å²) in [6.45, 7) is 6.73. The highest BCUT2D eigenvalue weighted by Crippen LogP contribution is 2.13. The third-order valence-electron chi connectivity index (χ3n) is 1.19. The molecule has 0 radical (unpaired) electrons. The topological polar surface area (TPSA) is 15.3 Å². The van der Waals surface area contributed by atoms with Gasteiger partial charge in [0.25, 0.3) is 0 Å². The van der Waals surface area contributed by atoms with Crippen LogP contribution in [0.15, 0.2) is 0 Å². The molecule has 0 amide bonds. The smallest absolute Gasteiger partial charge is 0.0239 e. The molecule has 0 aromatic heterocycles. The van der Waals surface area contributed by atoms with Gasteiger partial charge < -0.3 is 0 Å². The molecule has 0 aromatic rings. The quantitative estimate of drug-likeness (QED) is 0.533. The lowest BCUT2D eigenvalue weighted by atomic mass is 10.4. The predicted octanol–water partition coefficient (Wildman–Crippen LogP) is 0.863. The standard InChI is InChI=1S/C5H12N2S/c1-5(2)7-4-3-6-8-7/h5-6H,3-4H2,1-2H3. The fourth-order valence-corrected chi connectivity index (χ4v) is 1.44. The highest BCUT2D eigenvalue weighted by molar-refractivity contribution is 7.95. The van der Waals surface area contributed by atoms with Crippen molar-refractivity contribution in [2.45, 2.75) is 19.9 Å². The third-order valence-corrected chi connectivity index (χ3v) is 2.36. The highest BCUT2D eigenvalue weighted by Gasteiger charge is 2.13. The summed E-state index contributed by atoms with van der Waals surface area (Å²) in [6, 6.07) is 0.676. The van der Waals surface area contributed by atoms with Crippen LogP contribution in [0.2, 0.25) is 0 Å². The molecule has 0 atom stereocenters. The van der Waals surface area contributed by atoms with E-state index in [9.17, 15) is 0 Å². The minimum absolute atomic E-state index is 0.676. The Bertz CT molecular complexity index is 68.8. The number of rotatable bonds is 1. The monoisotopic (exact) mass is 132 g/mol. The largest absolute Gasteiger partial charge is 0.249 e. The molecule has 0 spiro atoms. The van der Waals surface area contributed by atoms with E-state index in [0.717, 1.165) is 6.54 Å². The summed E-state index contributed by atoms with van der Waals surface area (Å²) in [5.74, 6) is 0. The van der Waals surface area contributed by atoms with E-state index >= 15 is 0 Å². The molecule has 1 aliphatic rings. The van der Waals surface area contributed by atoms with Gasteiger partial charge in [-0.1, -0.05) is 0 Å². The molecule has 1 heterocycles. The Labute approximate surface area is 54.9 Å². The molecule has 8 heavy (non-hydrogen) atoms. The molecule has 48 valence electrons. The molecule has 2 nitrogen and oxygen atoms in total. The zero-order chi connectivity index (χ0) is 5.98. The average molecular weight is 132 g/mol. The second kappa shape index (κ2) is 2.71. The van der Waals surface area contributed by atoms with Crippen LogP contribution in [0.5, 0.6) is 0 Å². The number of hydrogen-bond donors (Lipinski definition) is 1. The van der Waals surface area contributed by atoms with E-state index in [1.807, 2.05) is 0 Å². The molecule has 3 heteroatoms. The first-order chi connectivity index (χ1) is 3.80. The molecule has 0 bridgehead atoms. The minimum atomic E-state index is 0.676. The van der Waals surface area contributed by atoms with Crippen molar-refractivity contribution < 1.29 is 0 Å². The van der Waals surface area contributed by atoms with Crippen LogP contribution in [-0.4, -0.2) is 23.4 Å². The van der Waals surface area contributed by atoms with Crippen molar-refractivity contribution >= 4 is 12.1 Å². The first-order valence-corrected chi connectivity index (χ1v) is 3.74. The number of hydrogen-bond acceptors (Lipinski definition) is 3. The number of nitrogens with zero attached hydrogens (tertiary/aromatic N) is 1. The minimum Gasteiger partial charge on any atom is -0.249 e. The lowest BCUT2D eigenvalue weighted by molar-refractivity contribution is 0.424. The predicted molar refractivity (Wildman–Crippen MR) is 37.4 cm³/mol. The zero-order valence-electron chi connectivity index (χ0n) is 5.35. The Balaban J connectivity index is 2.24. The molecule has 1 fully saturated rings. The van der Waals surface area contributed by atoms with Crippen molar-refractivity contribution in [3.8, 4) is 0 Å². The van der Waals surface area contributed by atoms with Crippen LogP contribution >= 0.6 is 12.1 Å². The SMILES string of the molecule is CC(C)N1CCNS1. The van der Waals surface area contributed by atoms with Gasteiger partial charge in [-0.15, -0.1) is 0 Å². The molecule has 0 saturated carbocycles. The van der Waals surface area contributed by atoms with Crippen molar-refractivity contribution in [1.82, 2.24) is 9.03 Å². The van der Waals surface area contributed by atoms with Crippen molar-refractivity contribution in [1.29, 1.82) is 0 Å². The molecule has 1 N–H and O–H groups in total. The molecule has 0 aliphatic carbocycles. The van der Waals surface area contributed by atoms with E-state index in [0.29, 0.717) is 6.04 Å². The Morgan fingerprint density at radius 2 is 2.38 bits per heavy atom. The Hall–Kier alpha value is 0.270. The fourth-order valence-electron chi connectivity index (χ4n) is 0.694. The van der Waals surface area contributed by atoms with Crippen molar-refractivity contribution in [2.24, 2.45) is 0 Å².